The minimum absolute atomic E-state index is 0.146. The van der Waals surface area contributed by atoms with Crippen LogP contribution in [0.1, 0.15) is 36.5 Å². The molecule has 0 spiro atoms. The molecule has 2 fully saturated rings. The van der Waals surface area contributed by atoms with E-state index in [1.54, 1.807) is 38.5 Å². The summed E-state index contributed by atoms with van der Waals surface area (Å²) in [6.45, 7) is 2.12. The zero-order valence-corrected chi connectivity index (χ0v) is 14.3. The van der Waals surface area contributed by atoms with E-state index in [1.807, 2.05) is 0 Å². The van der Waals surface area contributed by atoms with Crippen LogP contribution in [0.5, 0.6) is 5.75 Å². The minimum Gasteiger partial charge on any atom is -0.497 e. The highest BCUT2D eigenvalue weighted by Gasteiger charge is 2.59. The first-order chi connectivity index (χ1) is 11.7. The largest absolute Gasteiger partial charge is 0.497 e. The van der Waals surface area contributed by atoms with Crippen molar-refractivity contribution >= 4 is 5.97 Å². The van der Waals surface area contributed by atoms with Crippen LogP contribution in [-0.2, 0) is 18.9 Å². The Labute approximate surface area is 142 Å². The van der Waals surface area contributed by atoms with Crippen molar-refractivity contribution < 1.29 is 28.5 Å². The lowest BCUT2D eigenvalue weighted by molar-refractivity contribution is -0.201. The molecular weight excluding hydrogens is 312 g/mol. The van der Waals surface area contributed by atoms with Gasteiger partial charge in [0.25, 0.3) is 0 Å². The SMILES string of the molecule is CCCC[C@@H]1O[C@@H](OC)[C@H]2O[C@H]2[C@@H]1OC(=O)c1ccc(OC)cc1. The highest BCUT2D eigenvalue weighted by atomic mass is 16.7. The van der Waals surface area contributed by atoms with Gasteiger partial charge in [-0.15, -0.1) is 0 Å². The minimum atomic E-state index is -0.400. The van der Waals surface area contributed by atoms with Crippen LogP contribution < -0.4 is 4.74 Å². The number of ether oxygens (including phenoxy) is 5. The first kappa shape index (κ1) is 17.2. The van der Waals surface area contributed by atoms with Crippen molar-refractivity contribution in [2.45, 2.75) is 56.9 Å². The van der Waals surface area contributed by atoms with Crippen molar-refractivity contribution in [3.63, 3.8) is 0 Å². The van der Waals surface area contributed by atoms with Gasteiger partial charge < -0.3 is 23.7 Å². The Morgan fingerprint density at radius 2 is 1.88 bits per heavy atom. The molecule has 0 aliphatic carbocycles. The molecule has 1 aromatic rings. The Morgan fingerprint density at radius 1 is 1.12 bits per heavy atom. The van der Waals surface area contributed by atoms with Gasteiger partial charge >= 0.3 is 5.97 Å². The summed E-state index contributed by atoms with van der Waals surface area (Å²) in [5.74, 6) is 0.319. The second kappa shape index (κ2) is 7.51. The first-order valence-electron chi connectivity index (χ1n) is 8.36. The summed E-state index contributed by atoms with van der Waals surface area (Å²) in [5.41, 5.74) is 0.483. The first-order valence-corrected chi connectivity index (χ1v) is 8.36. The standard InChI is InChI=1S/C18H24O6/c1-4-5-6-13-14(15-16(23-15)18(21-3)22-13)24-17(19)11-7-9-12(20-2)10-8-11/h7-10,13-16,18H,4-6H2,1-3H3/t13-,14+,15-,16-,18+/m0/s1. The van der Waals surface area contributed by atoms with Crippen molar-refractivity contribution in [3.05, 3.63) is 29.8 Å². The van der Waals surface area contributed by atoms with E-state index in [-0.39, 0.29) is 30.6 Å². The predicted octanol–water partition coefficient (Wildman–Crippen LogP) is 2.55. The maximum atomic E-state index is 12.4. The molecular formula is C18H24O6. The number of epoxide rings is 1. The molecule has 132 valence electrons. The highest BCUT2D eigenvalue weighted by molar-refractivity contribution is 5.89. The lowest BCUT2D eigenvalue weighted by atomic mass is 9.99. The summed E-state index contributed by atoms with van der Waals surface area (Å²) in [5, 5.41) is 0. The van der Waals surface area contributed by atoms with E-state index >= 15 is 0 Å². The second-order valence-corrected chi connectivity index (χ2v) is 6.08. The van der Waals surface area contributed by atoms with E-state index in [2.05, 4.69) is 6.92 Å². The molecule has 2 aliphatic heterocycles. The molecule has 6 heteroatoms. The van der Waals surface area contributed by atoms with Crippen LogP contribution in [0.15, 0.2) is 24.3 Å². The summed E-state index contributed by atoms with van der Waals surface area (Å²) in [7, 11) is 3.19. The molecule has 0 saturated carbocycles. The van der Waals surface area contributed by atoms with Crippen LogP contribution in [0.2, 0.25) is 0 Å². The van der Waals surface area contributed by atoms with Gasteiger partial charge in [0.1, 0.15) is 24.1 Å². The van der Waals surface area contributed by atoms with Gasteiger partial charge in [0.15, 0.2) is 12.4 Å². The van der Waals surface area contributed by atoms with Gasteiger partial charge in [-0.1, -0.05) is 19.8 Å². The molecule has 0 unspecified atom stereocenters. The summed E-state index contributed by atoms with van der Waals surface area (Å²) in [6.07, 6.45) is 1.56. The maximum Gasteiger partial charge on any atom is 0.338 e. The summed E-state index contributed by atoms with van der Waals surface area (Å²) < 4.78 is 27.7. The molecule has 2 heterocycles. The van der Waals surface area contributed by atoms with Crippen LogP contribution >= 0.6 is 0 Å². The van der Waals surface area contributed by atoms with Gasteiger partial charge in [-0.25, -0.2) is 4.79 Å². The number of esters is 1. The Kier molecular flexibility index (Phi) is 5.38. The number of carbonyl (C=O) groups excluding carboxylic acids is 1. The topological polar surface area (TPSA) is 66.5 Å². The fourth-order valence-corrected chi connectivity index (χ4v) is 3.05. The smallest absolute Gasteiger partial charge is 0.338 e. The molecule has 0 bridgehead atoms. The molecule has 2 aliphatic rings. The summed E-state index contributed by atoms with van der Waals surface area (Å²) in [4.78, 5) is 12.4. The van der Waals surface area contributed by atoms with Gasteiger partial charge in [-0.05, 0) is 30.7 Å². The lowest BCUT2D eigenvalue weighted by Crippen LogP contribution is -2.47. The molecule has 6 nitrogen and oxygen atoms in total. The lowest BCUT2D eigenvalue weighted by Gasteiger charge is -2.32. The molecule has 0 aromatic heterocycles. The zero-order chi connectivity index (χ0) is 17.1. The van der Waals surface area contributed by atoms with Crippen molar-refractivity contribution in [2.75, 3.05) is 14.2 Å². The third kappa shape index (κ3) is 3.55. The number of benzene rings is 1. The fourth-order valence-electron chi connectivity index (χ4n) is 3.05. The van der Waals surface area contributed by atoms with Crippen molar-refractivity contribution in [1.29, 1.82) is 0 Å². The number of hydrogen-bond donors (Lipinski definition) is 0. The van der Waals surface area contributed by atoms with Gasteiger partial charge in [-0.3, -0.25) is 0 Å². The average molecular weight is 336 g/mol. The quantitative estimate of drug-likeness (QED) is 0.563. The Morgan fingerprint density at radius 3 is 2.50 bits per heavy atom. The number of unbranched alkanes of at least 4 members (excludes halogenated alkanes) is 1. The number of hydrogen-bond acceptors (Lipinski definition) is 6. The Bertz CT molecular complexity index is 557. The Hall–Kier alpha value is -1.63. The third-order valence-corrected chi connectivity index (χ3v) is 4.47. The molecule has 0 N–H and O–H groups in total. The van der Waals surface area contributed by atoms with Gasteiger partial charge in [0, 0.05) is 7.11 Å². The van der Waals surface area contributed by atoms with E-state index in [0.717, 1.165) is 19.3 Å². The van der Waals surface area contributed by atoms with E-state index in [4.69, 9.17) is 23.7 Å². The van der Waals surface area contributed by atoms with E-state index in [9.17, 15) is 4.79 Å². The Balaban J connectivity index is 1.67. The van der Waals surface area contributed by atoms with Crippen LogP contribution in [0, 0.1) is 0 Å². The predicted molar refractivity (Wildman–Crippen MR) is 86.1 cm³/mol. The van der Waals surface area contributed by atoms with E-state index in [1.165, 1.54) is 0 Å². The van der Waals surface area contributed by atoms with E-state index < -0.39 is 6.10 Å². The second-order valence-electron chi connectivity index (χ2n) is 6.08. The molecule has 0 amide bonds. The van der Waals surface area contributed by atoms with Gasteiger partial charge in [-0.2, -0.15) is 0 Å². The summed E-state index contributed by atoms with van der Waals surface area (Å²) >= 11 is 0. The van der Waals surface area contributed by atoms with Crippen molar-refractivity contribution in [1.82, 2.24) is 0 Å². The zero-order valence-electron chi connectivity index (χ0n) is 14.3. The van der Waals surface area contributed by atoms with Crippen LogP contribution in [0.4, 0.5) is 0 Å². The van der Waals surface area contributed by atoms with Gasteiger partial charge in [0.2, 0.25) is 0 Å². The van der Waals surface area contributed by atoms with Gasteiger partial charge in [0.05, 0.1) is 12.7 Å². The third-order valence-electron chi connectivity index (χ3n) is 4.47. The van der Waals surface area contributed by atoms with Crippen LogP contribution in [-0.4, -0.2) is 50.9 Å². The molecule has 24 heavy (non-hydrogen) atoms. The number of rotatable bonds is 7. The highest BCUT2D eigenvalue weighted by Crippen LogP contribution is 2.40. The van der Waals surface area contributed by atoms with Crippen LogP contribution in [0.3, 0.4) is 0 Å². The number of fused-ring (bicyclic) bond motifs is 1. The fraction of sp³-hybridized carbons (Fsp3) is 0.611. The average Bonchev–Trinajstić information content (AvgIpc) is 3.41. The molecule has 3 rings (SSSR count). The molecule has 2 saturated heterocycles. The van der Waals surface area contributed by atoms with Crippen molar-refractivity contribution in [2.24, 2.45) is 0 Å². The monoisotopic (exact) mass is 336 g/mol. The summed E-state index contributed by atoms with van der Waals surface area (Å²) in [6, 6.07) is 6.85. The van der Waals surface area contributed by atoms with Crippen molar-refractivity contribution in [3.8, 4) is 5.75 Å². The van der Waals surface area contributed by atoms with E-state index in [0.29, 0.717) is 11.3 Å². The molecule has 5 atom stereocenters. The number of carbonyl (C=O) groups is 1. The number of methoxy groups -OCH3 is 2. The normalized spacial score (nSPS) is 31.2. The maximum absolute atomic E-state index is 12.4. The molecule has 0 radical (unpaired) electrons. The van der Waals surface area contributed by atoms with Crippen LogP contribution in [0.25, 0.3) is 0 Å². The molecule has 1 aromatic carbocycles.